The zero-order valence-electron chi connectivity index (χ0n) is 11.0. The molecule has 1 aliphatic heterocycles. The molecule has 5 heteroatoms. The molecule has 0 saturated carbocycles. The quantitative estimate of drug-likeness (QED) is 0.788. The highest BCUT2D eigenvalue weighted by atomic mass is 35.5. The summed E-state index contributed by atoms with van der Waals surface area (Å²) in [6, 6.07) is 0.378. The monoisotopic (exact) mass is 269 g/mol. The Kier molecular flexibility index (Phi) is 4.64. The van der Waals surface area contributed by atoms with Crippen molar-refractivity contribution in [2.24, 2.45) is 0 Å². The summed E-state index contributed by atoms with van der Waals surface area (Å²) >= 11 is 6.06. The van der Waals surface area contributed by atoms with Crippen molar-refractivity contribution < 1.29 is 4.74 Å². The van der Waals surface area contributed by atoms with E-state index in [-0.39, 0.29) is 0 Å². The molecule has 18 heavy (non-hydrogen) atoms. The first-order chi connectivity index (χ1) is 8.77. The Labute approximate surface area is 113 Å². The lowest BCUT2D eigenvalue weighted by Crippen LogP contribution is -2.41. The fraction of sp³-hybridized carbons (Fsp3) is 0.692. The second-order valence-corrected chi connectivity index (χ2v) is 4.87. The van der Waals surface area contributed by atoms with Crippen LogP contribution in [0.2, 0.25) is 0 Å². The van der Waals surface area contributed by atoms with E-state index in [1.807, 2.05) is 13.8 Å². The van der Waals surface area contributed by atoms with Gasteiger partial charge in [-0.05, 0) is 33.1 Å². The molecule has 1 aromatic heterocycles. The van der Waals surface area contributed by atoms with Gasteiger partial charge in [0, 0.05) is 18.5 Å². The molecule has 1 atom stereocenters. The normalized spacial score (nSPS) is 19.9. The van der Waals surface area contributed by atoms with Crippen LogP contribution in [0.5, 0.6) is 5.88 Å². The molecule has 0 aromatic carbocycles. The molecular formula is C13H20ClN3O. The molecule has 1 unspecified atom stereocenters. The van der Waals surface area contributed by atoms with E-state index >= 15 is 0 Å². The molecular weight excluding hydrogens is 250 g/mol. The molecule has 1 saturated heterocycles. The Morgan fingerprint density at radius 3 is 3.00 bits per heavy atom. The van der Waals surface area contributed by atoms with Gasteiger partial charge >= 0.3 is 0 Å². The Morgan fingerprint density at radius 2 is 2.28 bits per heavy atom. The van der Waals surface area contributed by atoms with Crippen molar-refractivity contribution in [2.75, 3.05) is 23.9 Å². The Hall–Kier alpha value is -1.03. The number of hydrogen-bond acceptors (Lipinski definition) is 4. The van der Waals surface area contributed by atoms with E-state index < -0.39 is 0 Å². The average Bonchev–Trinajstić information content (AvgIpc) is 2.41. The van der Waals surface area contributed by atoms with E-state index in [0.717, 1.165) is 24.3 Å². The SMILES string of the molecule is CCOc1ncnc(N2CCCCC2CCl)c1C. The molecule has 1 aliphatic rings. The molecule has 0 amide bonds. The molecule has 0 aliphatic carbocycles. The van der Waals surface area contributed by atoms with Gasteiger partial charge in [-0.1, -0.05) is 0 Å². The van der Waals surface area contributed by atoms with Gasteiger partial charge in [-0.25, -0.2) is 9.97 Å². The fourth-order valence-electron chi connectivity index (χ4n) is 2.44. The van der Waals surface area contributed by atoms with Crippen LogP contribution in [-0.4, -0.2) is 35.0 Å². The lowest BCUT2D eigenvalue weighted by molar-refractivity contribution is 0.323. The van der Waals surface area contributed by atoms with E-state index in [1.165, 1.54) is 12.8 Å². The van der Waals surface area contributed by atoms with Crippen molar-refractivity contribution in [3.8, 4) is 5.88 Å². The maximum atomic E-state index is 6.06. The zero-order chi connectivity index (χ0) is 13.0. The van der Waals surface area contributed by atoms with E-state index in [0.29, 0.717) is 24.4 Å². The number of halogens is 1. The minimum absolute atomic E-state index is 0.378. The van der Waals surface area contributed by atoms with Crippen molar-refractivity contribution >= 4 is 17.4 Å². The summed E-state index contributed by atoms with van der Waals surface area (Å²) in [6.45, 7) is 5.61. The smallest absolute Gasteiger partial charge is 0.221 e. The second-order valence-electron chi connectivity index (χ2n) is 4.56. The summed E-state index contributed by atoms with van der Waals surface area (Å²) in [4.78, 5) is 10.9. The third kappa shape index (κ3) is 2.69. The van der Waals surface area contributed by atoms with Gasteiger partial charge in [0.05, 0.1) is 12.2 Å². The second kappa shape index (κ2) is 6.23. The number of hydrogen-bond donors (Lipinski definition) is 0. The van der Waals surface area contributed by atoms with Crippen LogP contribution in [0, 0.1) is 6.92 Å². The van der Waals surface area contributed by atoms with Crippen LogP contribution >= 0.6 is 11.6 Å². The van der Waals surface area contributed by atoms with Crippen LogP contribution in [0.15, 0.2) is 6.33 Å². The third-order valence-electron chi connectivity index (χ3n) is 3.37. The molecule has 0 radical (unpaired) electrons. The van der Waals surface area contributed by atoms with Crippen molar-refractivity contribution in [3.05, 3.63) is 11.9 Å². The number of ether oxygens (including phenoxy) is 1. The van der Waals surface area contributed by atoms with Crippen LogP contribution in [0.1, 0.15) is 31.7 Å². The Bertz CT molecular complexity index is 400. The summed E-state index contributed by atoms with van der Waals surface area (Å²) in [5, 5.41) is 0. The summed E-state index contributed by atoms with van der Waals surface area (Å²) in [6.07, 6.45) is 5.15. The van der Waals surface area contributed by atoms with Crippen molar-refractivity contribution in [3.63, 3.8) is 0 Å². The van der Waals surface area contributed by atoms with Crippen LogP contribution in [0.4, 0.5) is 5.82 Å². The predicted molar refractivity (Wildman–Crippen MR) is 73.6 cm³/mol. The first-order valence-corrected chi connectivity index (χ1v) is 7.08. The van der Waals surface area contributed by atoms with Gasteiger partial charge in [0.1, 0.15) is 12.1 Å². The highest BCUT2D eigenvalue weighted by Crippen LogP contribution is 2.29. The summed E-state index contributed by atoms with van der Waals surface area (Å²) in [5.74, 6) is 2.30. The van der Waals surface area contributed by atoms with E-state index in [4.69, 9.17) is 16.3 Å². The van der Waals surface area contributed by atoms with Crippen LogP contribution in [0.3, 0.4) is 0 Å². The summed E-state index contributed by atoms with van der Waals surface area (Å²) in [7, 11) is 0. The highest BCUT2D eigenvalue weighted by molar-refractivity contribution is 6.18. The number of anilines is 1. The fourth-order valence-corrected chi connectivity index (χ4v) is 2.76. The molecule has 0 N–H and O–H groups in total. The molecule has 0 spiro atoms. The van der Waals surface area contributed by atoms with Crippen molar-refractivity contribution in [1.82, 2.24) is 9.97 Å². The van der Waals surface area contributed by atoms with Gasteiger partial charge < -0.3 is 9.64 Å². The maximum absolute atomic E-state index is 6.06. The van der Waals surface area contributed by atoms with Gasteiger partial charge in [0.15, 0.2) is 0 Å². The standard InChI is InChI=1S/C13H20ClN3O/c1-3-18-13-10(2)12(15-9-16-13)17-7-5-4-6-11(17)8-14/h9,11H,3-8H2,1-2H3. The molecule has 1 fully saturated rings. The van der Waals surface area contributed by atoms with E-state index in [1.54, 1.807) is 6.33 Å². The molecule has 0 bridgehead atoms. The van der Waals surface area contributed by atoms with Gasteiger partial charge in [-0.3, -0.25) is 0 Å². The Morgan fingerprint density at radius 1 is 1.44 bits per heavy atom. The molecule has 1 aromatic rings. The zero-order valence-corrected chi connectivity index (χ0v) is 11.8. The lowest BCUT2D eigenvalue weighted by atomic mass is 10.0. The van der Waals surface area contributed by atoms with Crippen LogP contribution in [0.25, 0.3) is 0 Å². The minimum Gasteiger partial charge on any atom is -0.478 e. The van der Waals surface area contributed by atoms with Gasteiger partial charge in [-0.15, -0.1) is 11.6 Å². The first kappa shape index (κ1) is 13.4. The van der Waals surface area contributed by atoms with Crippen molar-refractivity contribution in [1.29, 1.82) is 0 Å². The van der Waals surface area contributed by atoms with Crippen LogP contribution < -0.4 is 9.64 Å². The predicted octanol–water partition coefficient (Wildman–Crippen LogP) is 2.78. The number of piperidine rings is 1. The number of rotatable bonds is 4. The molecule has 100 valence electrons. The van der Waals surface area contributed by atoms with Gasteiger partial charge in [0.25, 0.3) is 0 Å². The maximum Gasteiger partial charge on any atom is 0.221 e. The number of aromatic nitrogens is 2. The Balaban J connectivity index is 2.28. The summed E-state index contributed by atoms with van der Waals surface area (Å²) < 4.78 is 5.53. The van der Waals surface area contributed by atoms with Gasteiger partial charge in [0.2, 0.25) is 5.88 Å². The number of alkyl halides is 1. The molecule has 2 heterocycles. The van der Waals surface area contributed by atoms with E-state index in [9.17, 15) is 0 Å². The van der Waals surface area contributed by atoms with Gasteiger partial charge in [-0.2, -0.15) is 0 Å². The molecule has 2 rings (SSSR count). The first-order valence-electron chi connectivity index (χ1n) is 6.55. The minimum atomic E-state index is 0.378. The average molecular weight is 270 g/mol. The number of nitrogens with zero attached hydrogens (tertiary/aromatic N) is 3. The van der Waals surface area contributed by atoms with E-state index in [2.05, 4.69) is 14.9 Å². The lowest BCUT2D eigenvalue weighted by Gasteiger charge is -2.36. The topological polar surface area (TPSA) is 38.3 Å². The third-order valence-corrected chi connectivity index (χ3v) is 3.73. The van der Waals surface area contributed by atoms with Crippen molar-refractivity contribution in [2.45, 2.75) is 39.2 Å². The largest absolute Gasteiger partial charge is 0.478 e. The highest BCUT2D eigenvalue weighted by Gasteiger charge is 2.25. The van der Waals surface area contributed by atoms with Crippen LogP contribution in [-0.2, 0) is 0 Å². The molecule has 4 nitrogen and oxygen atoms in total. The summed E-state index contributed by atoms with van der Waals surface area (Å²) in [5.41, 5.74) is 1.01.